The van der Waals surface area contributed by atoms with Crippen LogP contribution in [0.4, 0.5) is 4.39 Å². The zero-order chi connectivity index (χ0) is 28.2. The predicted molar refractivity (Wildman–Crippen MR) is 149 cm³/mol. The van der Waals surface area contributed by atoms with E-state index in [1.807, 2.05) is 37.8 Å². The SMILES string of the molecule is COc1cc(F)ccc1-c1cc(C(C)(C)N)cc(OC2[C@H]3CN(C(=O)c4sc(-c5ncccn5)nc4C)C[C@@H]23)n1. The molecule has 206 valence electrons. The van der Waals surface area contributed by atoms with Crippen LogP contribution in [0.3, 0.4) is 0 Å². The molecule has 2 N–H and O–H groups in total. The van der Waals surface area contributed by atoms with Crippen LogP contribution >= 0.6 is 11.3 Å². The number of methoxy groups -OCH3 is 1. The van der Waals surface area contributed by atoms with E-state index in [-0.39, 0.29) is 23.8 Å². The van der Waals surface area contributed by atoms with E-state index in [2.05, 4.69) is 15.0 Å². The Kier molecular flexibility index (Phi) is 6.50. The number of halogens is 1. The van der Waals surface area contributed by atoms with Crippen LogP contribution in [0, 0.1) is 24.6 Å². The zero-order valence-corrected chi connectivity index (χ0v) is 23.4. The molecule has 2 aliphatic rings. The number of aryl methyl sites for hydroxylation is 1. The molecule has 1 aliphatic heterocycles. The molecule has 4 heterocycles. The van der Waals surface area contributed by atoms with E-state index in [4.69, 9.17) is 20.2 Å². The van der Waals surface area contributed by atoms with Crippen LogP contribution in [-0.2, 0) is 5.54 Å². The summed E-state index contributed by atoms with van der Waals surface area (Å²) >= 11 is 1.32. The van der Waals surface area contributed by atoms with Crippen LogP contribution in [0.25, 0.3) is 22.1 Å². The van der Waals surface area contributed by atoms with Crippen molar-refractivity contribution in [2.45, 2.75) is 32.4 Å². The Hall–Kier alpha value is -3.96. The number of ether oxygens (including phenoxy) is 2. The minimum absolute atomic E-state index is 0.0289. The van der Waals surface area contributed by atoms with E-state index in [9.17, 15) is 9.18 Å². The number of carbonyl (C=O) groups is 1. The number of piperidine rings is 1. The van der Waals surface area contributed by atoms with Gasteiger partial charge in [-0.15, -0.1) is 11.3 Å². The lowest BCUT2D eigenvalue weighted by Gasteiger charge is -2.22. The van der Waals surface area contributed by atoms with Gasteiger partial charge in [-0.25, -0.2) is 24.3 Å². The summed E-state index contributed by atoms with van der Waals surface area (Å²) in [6.07, 6.45) is 3.27. The number of fused-ring (bicyclic) bond motifs is 1. The van der Waals surface area contributed by atoms with Crippen molar-refractivity contribution in [3.05, 3.63) is 70.7 Å². The fraction of sp³-hybridized carbons (Fsp3) is 0.345. The number of rotatable bonds is 7. The van der Waals surface area contributed by atoms with Crippen molar-refractivity contribution >= 4 is 17.2 Å². The van der Waals surface area contributed by atoms with Crippen molar-refractivity contribution in [2.24, 2.45) is 17.6 Å². The van der Waals surface area contributed by atoms with Crippen molar-refractivity contribution in [3.63, 3.8) is 0 Å². The second-order valence-corrected chi connectivity index (χ2v) is 11.8. The number of hydrogen-bond acceptors (Lipinski definition) is 9. The third-order valence-corrected chi connectivity index (χ3v) is 8.53. The molecule has 0 radical (unpaired) electrons. The van der Waals surface area contributed by atoms with Gasteiger partial charge in [0.15, 0.2) is 10.8 Å². The first-order valence-electron chi connectivity index (χ1n) is 13.0. The smallest absolute Gasteiger partial charge is 0.265 e. The Morgan fingerprint density at radius 1 is 1.12 bits per heavy atom. The van der Waals surface area contributed by atoms with Crippen molar-refractivity contribution in [3.8, 4) is 33.7 Å². The maximum Gasteiger partial charge on any atom is 0.265 e. The van der Waals surface area contributed by atoms with E-state index in [1.54, 1.807) is 24.5 Å². The van der Waals surface area contributed by atoms with Gasteiger partial charge in [0.05, 0.1) is 18.5 Å². The summed E-state index contributed by atoms with van der Waals surface area (Å²) in [6, 6.07) is 9.81. The van der Waals surface area contributed by atoms with Gasteiger partial charge in [0.25, 0.3) is 5.91 Å². The van der Waals surface area contributed by atoms with E-state index in [1.165, 1.54) is 30.6 Å². The maximum atomic E-state index is 13.8. The first kappa shape index (κ1) is 26.3. The molecule has 1 aromatic carbocycles. The Morgan fingerprint density at radius 3 is 2.52 bits per heavy atom. The summed E-state index contributed by atoms with van der Waals surface area (Å²) in [5.74, 6) is 1.35. The van der Waals surface area contributed by atoms with Crippen molar-refractivity contribution in [1.29, 1.82) is 0 Å². The molecular weight excluding hydrogens is 531 g/mol. The number of nitrogens with two attached hydrogens (primary N) is 1. The first-order valence-corrected chi connectivity index (χ1v) is 13.8. The summed E-state index contributed by atoms with van der Waals surface area (Å²) in [5, 5.41) is 0.634. The molecule has 3 atom stereocenters. The van der Waals surface area contributed by atoms with Gasteiger partial charge in [-0.2, -0.15) is 0 Å². The molecule has 4 aromatic rings. The molecule has 11 heteroatoms. The number of thiazole rings is 1. The number of pyridine rings is 1. The van der Waals surface area contributed by atoms with Crippen LogP contribution in [0.1, 0.15) is 34.8 Å². The molecule has 3 aromatic heterocycles. The number of likely N-dealkylation sites (tertiary alicyclic amines) is 1. The third kappa shape index (κ3) is 4.90. The predicted octanol–water partition coefficient (Wildman–Crippen LogP) is 4.46. The van der Waals surface area contributed by atoms with E-state index < -0.39 is 11.4 Å². The number of aromatic nitrogens is 4. The minimum atomic E-state index is -0.651. The van der Waals surface area contributed by atoms with Crippen LogP contribution in [0.15, 0.2) is 48.8 Å². The normalized spacial score (nSPS) is 19.9. The van der Waals surface area contributed by atoms with Gasteiger partial charge in [0.2, 0.25) is 5.88 Å². The fourth-order valence-corrected chi connectivity index (χ4v) is 6.13. The molecular formula is C29H29FN6O3S. The largest absolute Gasteiger partial charge is 0.496 e. The maximum absolute atomic E-state index is 13.8. The van der Waals surface area contributed by atoms with Crippen molar-refractivity contribution in [1.82, 2.24) is 24.8 Å². The highest BCUT2D eigenvalue weighted by Crippen LogP contribution is 2.49. The van der Waals surface area contributed by atoms with Gasteiger partial charge < -0.3 is 20.1 Å². The van der Waals surface area contributed by atoms with Crippen LogP contribution < -0.4 is 15.2 Å². The quantitative estimate of drug-likeness (QED) is 0.352. The molecule has 1 aliphatic carbocycles. The highest BCUT2D eigenvalue weighted by Gasteiger charge is 2.59. The second-order valence-electron chi connectivity index (χ2n) is 10.8. The molecule has 6 rings (SSSR count). The Bertz CT molecular complexity index is 1580. The summed E-state index contributed by atoms with van der Waals surface area (Å²) in [5.41, 5.74) is 8.53. The van der Waals surface area contributed by atoms with Gasteiger partial charge in [0.1, 0.15) is 22.5 Å². The second kappa shape index (κ2) is 9.90. The standard InChI is InChI=1S/C29H29FN6O3S/c1-15-25(40-27(34-15)26-32-8-5-9-33-26)28(37)36-13-19-20(14-36)24(19)39-23-11-16(29(2,3)31)10-21(35-23)18-7-6-17(30)12-22(18)38-4/h5-12,19-20,24H,13-14,31H2,1-4H3/t19-,20+,24?. The topological polar surface area (TPSA) is 116 Å². The van der Waals surface area contributed by atoms with Gasteiger partial charge in [-0.05, 0) is 50.6 Å². The third-order valence-electron chi connectivity index (χ3n) is 7.39. The lowest BCUT2D eigenvalue weighted by Crippen LogP contribution is -2.33. The van der Waals surface area contributed by atoms with Crippen molar-refractivity contribution < 1.29 is 18.7 Å². The summed E-state index contributed by atoms with van der Waals surface area (Å²) in [6.45, 7) is 6.85. The molecule has 2 fully saturated rings. The molecule has 1 unspecified atom stereocenters. The van der Waals surface area contributed by atoms with E-state index in [0.717, 1.165) is 5.56 Å². The molecule has 0 spiro atoms. The highest BCUT2D eigenvalue weighted by atomic mass is 32.1. The average Bonchev–Trinajstić information content (AvgIpc) is 3.25. The zero-order valence-electron chi connectivity index (χ0n) is 22.6. The van der Waals surface area contributed by atoms with Crippen molar-refractivity contribution in [2.75, 3.05) is 20.2 Å². The summed E-state index contributed by atoms with van der Waals surface area (Å²) in [7, 11) is 1.49. The molecule has 1 saturated carbocycles. The van der Waals surface area contributed by atoms with Crippen LogP contribution in [0.5, 0.6) is 11.6 Å². The molecule has 9 nitrogen and oxygen atoms in total. The number of carbonyl (C=O) groups excluding carboxylic acids is 1. The lowest BCUT2D eigenvalue weighted by molar-refractivity contribution is 0.0755. The summed E-state index contributed by atoms with van der Waals surface area (Å²) in [4.78, 5) is 33.6. The van der Waals surface area contributed by atoms with Gasteiger partial charge in [-0.3, -0.25) is 4.79 Å². The number of amides is 1. The Labute approximate surface area is 235 Å². The monoisotopic (exact) mass is 560 g/mol. The first-order chi connectivity index (χ1) is 19.1. The van der Waals surface area contributed by atoms with Gasteiger partial charge >= 0.3 is 0 Å². The van der Waals surface area contributed by atoms with E-state index >= 15 is 0 Å². The van der Waals surface area contributed by atoms with Gasteiger partial charge in [0, 0.05) is 60.6 Å². The average molecular weight is 561 g/mol. The van der Waals surface area contributed by atoms with Gasteiger partial charge in [-0.1, -0.05) is 0 Å². The van der Waals surface area contributed by atoms with Crippen LogP contribution in [-0.4, -0.2) is 57.0 Å². The molecule has 0 bridgehead atoms. The molecule has 1 amide bonds. The highest BCUT2D eigenvalue weighted by molar-refractivity contribution is 7.17. The lowest BCUT2D eigenvalue weighted by atomic mass is 9.94. The minimum Gasteiger partial charge on any atom is -0.496 e. The van der Waals surface area contributed by atoms with Crippen LogP contribution in [0.2, 0.25) is 0 Å². The summed E-state index contributed by atoms with van der Waals surface area (Å²) < 4.78 is 25.6. The number of benzene rings is 1. The van der Waals surface area contributed by atoms with E-state index in [0.29, 0.717) is 57.4 Å². The number of hydrogen-bond donors (Lipinski definition) is 1. The fourth-order valence-electron chi connectivity index (χ4n) is 5.15. The number of nitrogens with zero attached hydrogens (tertiary/aromatic N) is 5. The Morgan fingerprint density at radius 2 is 1.85 bits per heavy atom. The molecule has 40 heavy (non-hydrogen) atoms. The molecule has 1 saturated heterocycles. The Balaban J connectivity index is 1.18.